The number of fused-ring (bicyclic) bond motifs is 2. The minimum Gasteiger partial charge on any atom is -0.379 e. The molecule has 174 valence electrons. The van der Waals surface area contributed by atoms with Gasteiger partial charge < -0.3 is 19.9 Å². The molecule has 0 atom stereocenters. The highest BCUT2D eigenvalue weighted by Crippen LogP contribution is 2.35. The first-order chi connectivity index (χ1) is 16.0. The van der Waals surface area contributed by atoms with Gasteiger partial charge in [0.15, 0.2) is 0 Å². The minimum atomic E-state index is -0.391. The zero-order valence-corrected chi connectivity index (χ0v) is 18.9. The number of carbonyl (C=O) groups is 2. The van der Waals surface area contributed by atoms with E-state index in [9.17, 15) is 14.0 Å². The number of benzene rings is 1. The zero-order valence-electron chi connectivity index (χ0n) is 18.9. The lowest BCUT2D eigenvalue weighted by Gasteiger charge is -2.28. The van der Waals surface area contributed by atoms with Crippen LogP contribution in [0.3, 0.4) is 0 Å². The highest BCUT2D eigenvalue weighted by molar-refractivity contribution is 6.34. The van der Waals surface area contributed by atoms with Gasteiger partial charge in [0.05, 0.1) is 24.4 Å². The molecule has 0 radical (unpaired) electrons. The first-order valence-electron chi connectivity index (χ1n) is 11.6. The van der Waals surface area contributed by atoms with Gasteiger partial charge in [0.1, 0.15) is 5.82 Å². The second kappa shape index (κ2) is 9.11. The van der Waals surface area contributed by atoms with Gasteiger partial charge in [-0.1, -0.05) is 0 Å². The molecule has 2 aromatic rings. The first kappa shape index (κ1) is 21.9. The third-order valence-corrected chi connectivity index (χ3v) is 6.78. The van der Waals surface area contributed by atoms with Crippen LogP contribution in [0.5, 0.6) is 0 Å². The molecule has 0 spiro atoms. The summed E-state index contributed by atoms with van der Waals surface area (Å²) in [6.45, 7) is 7.82. The van der Waals surface area contributed by atoms with Crippen LogP contribution in [-0.2, 0) is 16.0 Å². The van der Waals surface area contributed by atoms with Crippen LogP contribution >= 0.6 is 0 Å². The van der Waals surface area contributed by atoms with Gasteiger partial charge in [0, 0.05) is 55.4 Å². The molecule has 1 aromatic heterocycles. The van der Waals surface area contributed by atoms with Gasteiger partial charge in [0.25, 0.3) is 11.8 Å². The van der Waals surface area contributed by atoms with Gasteiger partial charge in [-0.15, -0.1) is 0 Å². The van der Waals surface area contributed by atoms with Crippen LogP contribution in [0, 0.1) is 12.7 Å². The zero-order chi connectivity index (χ0) is 22.9. The Bertz CT molecular complexity index is 1120. The second-order valence-electron chi connectivity index (χ2n) is 8.92. The molecule has 33 heavy (non-hydrogen) atoms. The van der Waals surface area contributed by atoms with Crippen molar-refractivity contribution in [3.8, 4) is 0 Å². The number of rotatable bonds is 5. The second-order valence-corrected chi connectivity index (χ2v) is 8.92. The Morgan fingerprint density at radius 2 is 1.97 bits per heavy atom. The molecule has 4 heterocycles. The lowest BCUT2D eigenvalue weighted by molar-refractivity contribution is -0.110. The predicted octanol–water partition coefficient (Wildman–Crippen LogP) is 3.07. The Hall–Kier alpha value is -2.97. The van der Waals surface area contributed by atoms with Crippen molar-refractivity contribution in [2.24, 2.45) is 0 Å². The van der Waals surface area contributed by atoms with Crippen molar-refractivity contribution in [3.63, 3.8) is 0 Å². The molecule has 0 aliphatic carbocycles. The molecule has 0 saturated carbocycles. The Morgan fingerprint density at radius 3 is 2.79 bits per heavy atom. The molecule has 3 aliphatic heterocycles. The number of carbonyl (C=O) groups excluding carboxylic acids is 2. The number of morpholine rings is 1. The number of ether oxygens (including phenoxy) is 1. The van der Waals surface area contributed by atoms with Crippen LogP contribution in [0.1, 0.15) is 45.7 Å². The van der Waals surface area contributed by atoms with Crippen molar-refractivity contribution in [2.75, 3.05) is 51.3 Å². The number of aryl methyl sites for hydroxylation is 1. The number of amides is 2. The van der Waals surface area contributed by atoms with Crippen LogP contribution in [0.25, 0.3) is 11.6 Å². The summed E-state index contributed by atoms with van der Waals surface area (Å²) in [6, 6.07) is 4.26. The summed E-state index contributed by atoms with van der Waals surface area (Å²) in [5.41, 5.74) is 4.73. The molecule has 1 saturated heterocycles. The van der Waals surface area contributed by atoms with Gasteiger partial charge >= 0.3 is 0 Å². The fraction of sp³-hybridized carbons (Fsp3) is 0.440. The fourth-order valence-electron chi connectivity index (χ4n) is 4.98. The topological polar surface area (TPSA) is 77.7 Å². The maximum Gasteiger partial charge on any atom is 0.256 e. The largest absolute Gasteiger partial charge is 0.379 e. The number of nitrogens with zero attached hydrogens (tertiary/aromatic N) is 2. The lowest BCUT2D eigenvalue weighted by Crippen LogP contribution is -2.39. The summed E-state index contributed by atoms with van der Waals surface area (Å²) in [7, 11) is 0. The van der Waals surface area contributed by atoms with Crippen molar-refractivity contribution in [2.45, 2.75) is 26.2 Å². The van der Waals surface area contributed by atoms with Crippen LogP contribution in [0.15, 0.2) is 18.2 Å². The first-order valence-corrected chi connectivity index (χ1v) is 11.6. The number of halogens is 1. The van der Waals surface area contributed by atoms with E-state index >= 15 is 0 Å². The molecule has 1 aromatic carbocycles. The van der Waals surface area contributed by atoms with Crippen LogP contribution in [0.4, 0.5) is 10.1 Å². The summed E-state index contributed by atoms with van der Waals surface area (Å²) in [4.78, 5) is 33.7. The highest BCUT2D eigenvalue weighted by atomic mass is 19.1. The summed E-state index contributed by atoms with van der Waals surface area (Å²) in [5, 5.41) is 2.78. The smallest absolute Gasteiger partial charge is 0.256 e. The highest BCUT2D eigenvalue weighted by Gasteiger charge is 2.29. The average molecular weight is 453 g/mol. The van der Waals surface area contributed by atoms with E-state index in [0.29, 0.717) is 22.4 Å². The third-order valence-electron chi connectivity index (χ3n) is 6.78. The number of hydrogen-bond donors (Lipinski definition) is 2. The summed E-state index contributed by atoms with van der Waals surface area (Å²) in [6.07, 6.45) is 4.34. The van der Waals surface area contributed by atoms with E-state index in [1.54, 1.807) is 12.1 Å². The van der Waals surface area contributed by atoms with Crippen molar-refractivity contribution in [1.29, 1.82) is 0 Å². The number of aromatic nitrogens is 1. The predicted molar refractivity (Wildman–Crippen MR) is 125 cm³/mol. The molecule has 1 fully saturated rings. The Morgan fingerprint density at radius 1 is 1.15 bits per heavy atom. The molecule has 8 heteroatoms. The van der Waals surface area contributed by atoms with Gasteiger partial charge in [-0.2, -0.15) is 0 Å². The van der Waals surface area contributed by atoms with Crippen LogP contribution < -0.4 is 5.32 Å². The Kier molecular flexibility index (Phi) is 6.03. The number of nitrogens with one attached hydrogen (secondary N) is 2. The number of hydrogen-bond acceptors (Lipinski definition) is 4. The van der Waals surface area contributed by atoms with E-state index in [-0.39, 0.29) is 11.8 Å². The van der Waals surface area contributed by atoms with Crippen LogP contribution in [-0.4, -0.2) is 72.5 Å². The monoisotopic (exact) mass is 452 g/mol. The van der Waals surface area contributed by atoms with Gasteiger partial charge in [-0.3, -0.25) is 14.5 Å². The Labute approximate surface area is 192 Å². The normalized spacial score (nSPS) is 20.1. The summed E-state index contributed by atoms with van der Waals surface area (Å²) >= 11 is 0. The van der Waals surface area contributed by atoms with E-state index in [0.717, 1.165) is 82.2 Å². The van der Waals surface area contributed by atoms with E-state index in [4.69, 9.17) is 4.74 Å². The maximum atomic E-state index is 13.8. The molecule has 7 nitrogen and oxygen atoms in total. The van der Waals surface area contributed by atoms with E-state index < -0.39 is 5.82 Å². The van der Waals surface area contributed by atoms with E-state index in [1.807, 2.05) is 11.8 Å². The van der Waals surface area contributed by atoms with Crippen molar-refractivity contribution >= 4 is 29.2 Å². The quantitative estimate of drug-likeness (QED) is 0.684. The SMILES string of the molecule is Cc1c(/C=C2\C(=O)Nc3ccc(F)cc32)[nH]c2c1C(=O)N(CCCN1CCOCC1)CCC2. The third kappa shape index (κ3) is 4.32. The number of anilines is 1. The van der Waals surface area contributed by atoms with Gasteiger partial charge in [0.2, 0.25) is 0 Å². The van der Waals surface area contributed by atoms with E-state index in [1.165, 1.54) is 12.1 Å². The standard InChI is InChI=1S/C25H29FN4O3/c1-16-22(15-19-18-14-17(26)5-6-20(18)28-24(19)31)27-21-4-2-8-30(25(32)23(16)21)9-3-7-29-10-12-33-13-11-29/h5-6,14-15,27H,2-4,7-13H2,1H3,(H,28,31)/b19-15-. The summed E-state index contributed by atoms with van der Waals surface area (Å²) < 4.78 is 19.2. The molecule has 0 unspecified atom stereocenters. The van der Waals surface area contributed by atoms with Gasteiger partial charge in [-0.25, -0.2) is 4.39 Å². The van der Waals surface area contributed by atoms with E-state index in [2.05, 4.69) is 15.2 Å². The average Bonchev–Trinajstić information content (AvgIpc) is 3.22. The Balaban J connectivity index is 1.36. The molecule has 0 bridgehead atoms. The number of aromatic amines is 1. The summed E-state index contributed by atoms with van der Waals surface area (Å²) in [5.74, 6) is -0.612. The lowest BCUT2D eigenvalue weighted by atomic mass is 10.0. The number of H-pyrrole nitrogens is 1. The molecular formula is C25H29FN4O3. The molecule has 3 aliphatic rings. The van der Waals surface area contributed by atoms with Crippen molar-refractivity contribution in [3.05, 3.63) is 52.1 Å². The van der Waals surface area contributed by atoms with Crippen molar-refractivity contribution in [1.82, 2.24) is 14.8 Å². The maximum absolute atomic E-state index is 13.8. The van der Waals surface area contributed by atoms with Crippen molar-refractivity contribution < 1.29 is 18.7 Å². The fourth-order valence-corrected chi connectivity index (χ4v) is 4.98. The molecule has 5 rings (SSSR count). The molecule has 2 amide bonds. The van der Waals surface area contributed by atoms with Crippen LogP contribution in [0.2, 0.25) is 0 Å². The molecular weight excluding hydrogens is 423 g/mol. The van der Waals surface area contributed by atoms with Gasteiger partial charge in [-0.05, 0) is 56.0 Å². The molecule has 2 N–H and O–H groups in total. The minimum absolute atomic E-state index is 0.0465.